The van der Waals surface area contributed by atoms with Crippen molar-refractivity contribution >= 4 is 16.7 Å². The van der Waals surface area contributed by atoms with E-state index in [2.05, 4.69) is 24.1 Å². The Hall–Kier alpha value is -1.95. The summed E-state index contributed by atoms with van der Waals surface area (Å²) in [5.41, 5.74) is 2.64. The number of benzene rings is 1. The van der Waals surface area contributed by atoms with E-state index in [9.17, 15) is 9.00 Å². The number of aryl methyl sites for hydroxylation is 2. The van der Waals surface area contributed by atoms with Gasteiger partial charge in [0.15, 0.2) is 0 Å². The van der Waals surface area contributed by atoms with E-state index in [1.165, 1.54) is 0 Å². The van der Waals surface area contributed by atoms with Crippen LogP contribution in [0.1, 0.15) is 37.3 Å². The summed E-state index contributed by atoms with van der Waals surface area (Å²) in [5, 5.41) is 2.81. The van der Waals surface area contributed by atoms with Gasteiger partial charge in [0.2, 0.25) is 11.8 Å². The van der Waals surface area contributed by atoms with Gasteiger partial charge in [-0.15, -0.1) is 0 Å². The summed E-state index contributed by atoms with van der Waals surface area (Å²) in [4.78, 5) is 16.3. The molecule has 0 spiro atoms. The van der Waals surface area contributed by atoms with E-state index in [-0.39, 0.29) is 17.4 Å². The Labute approximate surface area is 151 Å². The molecular formula is C19H26N2O3S. The average Bonchev–Trinajstić information content (AvgIpc) is 2.87. The highest BCUT2D eigenvalue weighted by Crippen LogP contribution is 2.25. The van der Waals surface area contributed by atoms with Gasteiger partial charge in [-0.25, -0.2) is 4.98 Å². The normalized spacial score (nSPS) is 12.4. The van der Waals surface area contributed by atoms with Crippen LogP contribution >= 0.6 is 0 Å². The van der Waals surface area contributed by atoms with Crippen LogP contribution in [0.15, 0.2) is 28.7 Å². The molecule has 1 aromatic heterocycles. The van der Waals surface area contributed by atoms with E-state index >= 15 is 0 Å². The summed E-state index contributed by atoms with van der Waals surface area (Å²) in [6.45, 7) is 8.62. The van der Waals surface area contributed by atoms with E-state index < -0.39 is 10.8 Å². The molecule has 1 unspecified atom stereocenters. The maximum atomic E-state index is 12.3. The zero-order valence-electron chi connectivity index (χ0n) is 15.3. The molecule has 0 bridgehead atoms. The van der Waals surface area contributed by atoms with Gasteiger partial charge in [-0.2, -0.15) is 0 Å². The zero-order valence-corrected chi connectivity index (χ0v) is 16.1. The molecule has 0 saturated heterocycles. The fourth-order valence-corrected chi connectivity index (χ4v) is 3.46. The summed E-state index contributed by atoms with van der Waals surface area (Å²) in [6.07, 6.45) is 0.917. The largest absolute Gasteiger partial charge is 0.441 e. The number of carbonyl (C=O) groups excluding carboxylic acids is 1. The lowest BCUT2D eigenvalue weighted by molar-refractivity contribution is -0.118. The number of oxazole rings is 1. The molecule has 1 heterocycles. The molecular weight excluding hydrogens is 336 g/mol. The van der Waals surface area contributed by atoms with Crippen LogP contribution in [-0.4, -0.2) is 27.4 Å². The van der Waals surface area contributed by atoms with E-state index in [1.54, 1.807) is 0 Å². The molecule has 136 valence electrons. The first-order chi connectivity index (χ1) is 11.9. The summed E-state index contributed by atoms with van der Waals surface area (Å²) >= 11 is 0. The molecule has 0 aliphatic rings. The first-order valence-electron chi connectivity index (χ1n) is 8.50. The van der Waals surface area contributed by atoms with Crippen LogP contribution in [0.5, 0.6) is 0 Å². The average molecular weight is 362 g/mol. The topological polar surface area (TPSA) is 72.2 Å². The predicted octanol–water partition coefficient (Wildman–Crippen LogP) is 3.37. The van der Waals surface area contributed by atoms with Crippen molar-refractivity contribution in [2.24, 2.45) is 5.92 Å². The smallest absolute Gasteiger partial charge is 0.232 e. The van der Waals surface area contributed by atoms with Crippen LogP contribution in [-0.2, 0) is 21.3 Å². The fraction of sp³-hybridized carbons (Fsp3) is 0.474. The minimum Gasteiger partial charge on any atom is -0.441 e. The summed E-state index contributed by atoms with van der Waals surface area (Å²) in [6, 6.07) is 7.83. The highest BCUT2D eigenvalue weighted by molar-refractivity contribution is 7.84. The van der Waals surface area contributed by atoms with Crippen molar-refractivity contribution in [3.05, 3.63) is 41.3 Å². The standard InChI is InChI=1S/C19H26N2O3S/c1-13(2)9-10-20-18(22)12-25(23)11-17-15(4)24-19(21-17)16-8-6-5-7-14(16)3/h5-8,13H,9-12H2,1-4H3,(H,20,22). The van der Waals surface area contributed by atoms with Crippen molar-refractivity contribution in [3.8, 4) is 11.5 Å². The van der Waals surface area contributed by atoms with Crippen LogP contribution in [0.2, 0.25) is 0 Å². The monoisotopic (exact) mass is 362 g/mol. The lowest BCUT2D eigenvalue weighted by atomic mass is 10.1. The molecule has 2 rings (SSSR count). The molecule has 0 aliphatic heterocycles. The molecule has 0 radical (unpaired) electrons. The quantitative estimate of drug-likeness (QED) is 0.781. The third-order valence-corrected chi connectivity index (χ3v) is 5.08. The second-order valence-corrected chi connectivity index (χ2v) is 8.05. The minimum absolute atomic E-state index is 0.00983. The first kappa shape index (κ1) is 19.4. The van der Waals surface area contributed by atoms with Crippen molar-refractivity contribution in [2.45, 2.75) is 39.9 Å². The Kier molecular flexibility index (Phi) is 6.93. The van der Waals surface area contributed by atoms with Gasteiger partial charge < -0.3 is 9.73 Å². The third-order valence-electron chi connectivity index (χ3n) is 3.90. The Bertz CT molecular complexity index is 753. The maximum absolute atomic E-state index is 12.3. The van der Waals surface area contributed by atoms with Crippen LogP contribution < -0.4 is 5.32 Å². The van der Waals surface area contributed by atoms with Crippen LogP contribution in [0.4, 0.5) is 0 Å². The molecule has 1 atom stereocenters. The molecule has 0 aliphatic carbocycles. The SMILES string of the molecule is Cc1ccccc1-c1nc(CS(=O)CC(=O)NCCC(C)C)c(C)o1. The van der Waals surface area contributed by atoms with Gasteiger partial charge >= 0.3 is 0 Å². The number of hydrogen-bond acceptors (Lipinski definition) is 4. The second kappa shape index (κ2) is 8.94. The molecule has 1 amide bonds. The first-order valence-corrected chi connectivity index (χ1v) is 9.99. The third kappa shape index (κ3) is 5.81. The van der Waals surface area contributed by atoms with E-state index in [0.717, 1.165) is 17.5 Å². The minimum atomic E-state index is -1.31. The molecule has 6 heteroatoms. The van der Waals surface area contributed by atoms with Crippen molar-refractivity contribution in [3.63, 3.8) is 0 Å². The number of nitrogens with zero attached hydrogens (tertiary/aromatic N) is 1. The number of aromatic nitrogens is 1. The van der Waals surface area contributed by atoms with E-state index in [1.807, 2.05) is 38.1 Å². The molecule has 2 aromatic rings. The zero-order chi connectivity index (χ0) is 18.4. The number of rotatable bonds is 8. The lowest BCUT2D eigenvalue weighted by Crippen LogP contribution is -2.30. The highest BCUT2D eigenvalue weighted by atomic mass is 32.2. The number of carbonyl (C=O) groups is 1. The number of hydrogen-bond donors (Lipinski definition) is 1. The van der Waals surface area contributed by atoms with Gasteiger partial charge in [0.25, 0.3) is 0 Å². The summed E-state index contributed by atoms with van der Waals surface area (Å²) < 4.78 is 18.0. The molecule has 0 fully saturated rings. The van der Waals surface area contributed by atoms with Crippen LogP contribution in [0.3, 0.4) is 0 Å². The van der Waals surface area contributed by atoms with Crippen molar-refractivity contribution < 1.29 is 13.4 Å². The molecule has 1 N–H and O–H groups in total. The highest BCUT2D eigenvalue weighted by Gasteiger charge is 2.16. The van der Waals surface area contributed by atoms with Crippen molar-refractivity contribution in [1.82, 2.24) is 10.3 Å². The number of nitrogens with one attached hydrogen (secondary N) is 1. The number of amides is 1. The van der Waals surface area contributed by atoms with Gasteiger partial charge in [0.05, 0.1) is 11.4 Å². The Balaban J connectivity index is 1.95. The maximum Gasteiger partial charge on any atom is 0.232 e. The van der Waals surface area contributed by atoms with Crippen molar-refractivity contribution in [1.29, 1.82) is 0 Å². The van der Waals surface area contributed by atoms with Crippen LogP contribution in [0.25, 0.3) is 11.5 Å². The second-order valence-electron chi connectivity index (χ2n) is 6.60. The Morgan fingerprint density at radius 1 is 1.28 bits per heavy atom. The van der Waals surface area contributed by atoms with E-state index in [0.29, 0.717) is 29.8 Å². The van der Waals surface area contributed by atoms with Gasteiger partial charge in [0, 0.05) is 22.9 Å². The molecule has 1 aromatic carbocycles. The molecule has 5 nitrogen and oxygen atoms in total. The molecule has 25 heavy (non-hydrogen) atoms. The van der Waals surface area contributed by atoms with Crippen LogP contribution in [0, 0.1) is 19.8 Å². The summed E-state index contributed by atoms with van der Waals surface area (Å²) in [7, 11) is -1.31. The lowest BCUT2D eigenvalue weighted by Gasteiger charge is -2.06. The summed E-state index contributed by atoms with van der Waals surface area (Å²) in [5.74, 6) is 1.74. The van der Waals surface area contributed by atoms with Crippen molar-refractivity contribution in [2.75, 3.05) is 12.3 Å². The van der Waals surface area contributed by atoms with E-state index in [4.69, 9.17) is 4.42 Å². The predicted molar refractivity (Wildman–Crippen MR) is 101 cm³/mol. The Morgan fingerprint density at radius 3 is 2.68 bits per heavy atom. The fourth-order valence-electron chi connectivity index (χ4n) is 2.39. The van der Waals surface area contributed by atoms with Gasteiger partial charge in [-0.1, -0.05) is 32.0 Å². The van der Waals surface area contributed by atoms with Gasteiger partial charge in [0.1, 0.15) is 11.5 Å². The van der Waals surface area contributed by atoms with Gasteiger partial charge in [-0.3, -0.25) is 9.00 Å². The van der Waals surface area contributed by atoms with Gasteiger partial charge in [-0.05, 0) is 37.8 Å². The molecule has 0 saturated carbocycles. The Morgan fingerprint density at radius 2 is 2.00 bits per heavy atom.